The van der Waals surface area contributed by atoms with E-state index in [0.717, 1.165) is 17.6 Å². The minimum Gasteiger partial charge on any atom is -0.248 e. The number of aryl methyl sites for hydroxylation is 3. The van der Waals surface area contributed by atoms with E-state index in [-0.39, 0.29) is 5.41 Å². The van der Waals surface area contributed by atoms with Gasteiger partial charge in [0.15, 0.2) is 0 Å². The second kappa shape index (κ2) is 6.74. The number of pyridine rings is 1. The Hall–Kier alpha value is -2.67. The summed E-state index contributed by atoms with van der Waals surface area (Å²) in [6.07, 6.45) is 1.05. The molecule has 0 amide bonds. The van der Waals surface area contributed by atoms with Gasteiger partial charge >= 0.3 is 0 Å². The van der Waals surface area contributed by atoms with Crippen LogP contribution in [-0.4, -0.2) is 4.98 Å². The van der Waals surface area contributed by atoms with Gasteiger partial charge in [0.25, 0.3) is 0 Å². The lowest BCUT2D eigenvalue weighted by atomic mass is 9.85. The third kappa shape index (κ3) is 3.54. The van der Waals surface area contributed by atoms with Gasteiger partial charge in [0, 0.05) is 10.9 Å². The van der Waals surface area contributed by atoms with Crippen LogP contribution >= 0.6 is 0 Å². The lowest BCUT2D eigenvalue weighted by molar-refractivity contribution is 0.412. The lowest BCUT2D eigenvalue weighted by Gasteiger charge is -2.20. The van der Waals surface area contributed by atoms with Crippen LogP contribution in [0.3, 0.4) is 0 Å². The van der Waals surface area contributed by atoms with E-state index in [1.165, 1.54) is 44.0 Å². The van der Waals surface area contributed by atoms with Crippen LogP contribution in [0.4, 0.5) is 0 Å². The Kier molecular flexibility index (Phi) is 4.50. The first-order chi connectivity index (χ1) is 13.2. The minimum atomic E-state index is 0.238. The van der Waals surface area contributed by atoms with E-state index in [2.05, 4.69) is 96.1 Å². The van der Waals surface area contributed by atoms with E-state index >= 15 is 0 Å². The van der Waals surface area contributed by atoms with Crippen molar-refractivity contribution in [2.75, 3.05) is 0 Å². The Morgan fingerprint density at radius 1 is 0.821 bits per heavy atom. The van der Waals surface area contributed by atoms with Gasteiger partial charge in [-0.1, -0.05) is 51.1 Å². The summed E-state index contributed by atoms with van der Waals surface area (Å²) >= 11 is 0. The predicted molar refractivity (Wildman–Crippen MR) is 122 cm³/mol. The molecule has 0 spiro atoms. The fourth-order valence-corrected chi connectivity index (χ4v) is 4.39. The van der Waals surface area contributed by atoms with Gasteiger partial charge in [-0.2, -0.15) is 0 Å². The summed E-state index contributed by atoms with van der Waals surface area (Å²) in [6.45, 7) is 13.4. The standard InChI is InChI=1S/C27H29N/c1-17-11-18(2)26-19(3)13-24(28-25(26)12-17)21-14-20-9-7-8-10-23(20)22(15-21)16-27(4,5)6/h7-15H,16H2,1-6H3. The number of nitrogens with zero attached hydrogens (tertiary/aromatic N) is 1. The summed E-state index contributed by atoms with van der Waals surface area (Å²) in [7, 11) is 0. The Labute approximate surface area is 168 Å². The van der Waals surface area contributed by atoms with Crippen LogP contribution in [0.25, 0.3) is 32.9 Å². The number of benzene rings is 3. The molecule has 4 aromatic rings. The highest BCUT2D eigenvalue weighted by Gasteiger charge is 2.16. The number of fused-ring (bicyclic) bond motifs is 2. The first-order valence-corrected chi connectivity index (χ1v) is 10.1. The second-order valence-corrected chi connectivity index (χ2v) is 9.39. The zero-order valence-corrected chi connectivity index (χ0v) is 17.9. The normalized spacial score (nSPS) is 12.1. The summed E-state index contributed by atoms with van der Waals surface area (Å²) in [5.41, 5.74) is 8.88. The molecule has 1 heteroatoms. The Morgan fingerprint density at radius 3 is 2.29 bits per heavy atom. The van der Waals surface area contributed by atoms with Crippen molar-refractivity contribution in [1.29, 1.82) is 0 Å². The summed E-state index contributed by atoms with van der Waals surface area (Å²) in [6, 6.07) is 20.1. The van der Waals surface area contributed by atoms with E-state index in [1.807, 2.05) is 0 Å². The summed E-state index contributed by atoms with van der Waals surface area (Å²) in [5, 5.41) is 3.93. The molecule has 0 aliphatic heterocycles. The molecule has 0 N–H and O–H groups in total. The van der Waals surface area contributed by atoms with E-state index in [1.54, 1.807) is 0 Å². The van der Waals surface area contributed by atoms with Crippen LogP contribution in [0.2, 0.25) is 0 Å². The highest BCUT2D eigenvalue weighted by Crippen LogP contribution is 2.33. The number of hydrogen-bond acceptors (Lipinski definition) is 1. The average Bonchev–Trinajstić information content (AvgIpc) is 2.59. The van der Waals surface area contributed by atoms with Gasteiger partial charge in [-0.3, -0.25) is 0 Å². The first-order valence-electron chi connectivity index (χ1n) is 10.1. The molecule has 28 heavy (non-hydrogen) atoms. The molecule has 1 heterocycles. The summed E-state index contributed by atoms with van der Waals surface area (Å²) in [5.74, 6) is 0. The molecule has 0 aliphatic carbocycles. The molecule has 3 aromatic carbocycles. The molecule has 0 saturated heterocycles. The van der Waals surface area contributed by atoms with Crippen LogP contribution in [0.15, 0.2) is 54.6 Å². The lowest BCUT2D eigenvalue weighted by Crippen LogP contribution is -2.09. The van der Waals surface area contributed by atoms with Crippen molar-refractivity contribution in [2.45, 2.75) is 48.0 Å². The van der Waals surface area contributed by atoms with Crippen molar-refractivity contribution < 1.29 is 0 Å². The molecule has 1 nitrogen and oxygen atoms in total. The Balaban J connectivity index is 1.96. The Bertz CT molecular complexity index is 1190. The molecular formula is C27H29N. The van der Waals surface area contributed by atoms with Gasteiger partial charge in [-0.15, -0.1) is 0 Å². The highest BCUT2D eigenvalue weighted by atomic mass is 14.7. The maximum atomic E-state index is 5.07. The third-order valence-electron chi connectivity index (χ3n) is 5.41. The molecule has 1 aromatic heterocycles. The van der Waals surface area contributed by atoms with Crippen LogP contribution in [0.5, 0.6) is 0 Å². The van der Waals surface area contributed by atoms with Crippen molar-refractivity contribution in [3.63, 3.8) is 0 Å². The first kappa shape index (κ1) is 18.7. The fraction of sp³-hybridized carbons (Fsp3) is 0.296. The van der Waals surface area contributed by atoms with Crippen LogP contribution in [-0.2, 0) is 6.42 Å². The fourth-order valence-electron chi connectivity index (χ4n) is 4.39. The molecule has 0 saturated carbocycles. The van der Waals surface area contributed by atoms with Crippen molar-refractivity contribution in [3.05, 3.63) is 76.9 Å². The Morgan fingerprint density at radius 2 is 1.54 bits per heavy atom. The minimum absolute atomic E-state index is 0.238. The van der Waals surface area contributed by atoms with Gasteiger partial charge in [-0.25, -0.2) is 4.98 Å². The summed E-state index contributed by atoms with van der Waals surface area (Å²) in [4.78, 5) is 5.07. The van der Waals surface area contributed by atoms with Crippen molar-refractivity contribution >= 4 is 21.7 Å². The molecule has 0 fully saturated rings. The van der Waals surface area contributed by atoms with Gasteiger partial charge in [0.05, 0.1) is 11.2 Å². The second-order valence-electron chi connectivity index (χ2n) is 9.39. The monoisotopic (exact) mass is 367 g/mol. The molecule has 0 unspecified atom stereocenters. The van der Waals surface area contributed by atoms with E-state index in [0.29, 0.717) is 0 Å². The van der Waals surface area contributed by atoms with Crippen molar-refractivity contribution in [3.8, 4) is 11.3 Å². The number of aromatic nitrogens is 1. The summed E-state index contributed by atoms with van der Waals surface area (Å²) < 4.78 is 0. The maximum Gasteiger partial charge on any atom is 0.0717 e. The van der Waals surface area contributed by atoms with Crippen molar-refractivity contribution in [2.24, 2.45) is 5.41 Å². The predicted octanol–water partition coefficient (Wildman–Crippen LogP) is 7.57. The number of hydrogen-bond donors (Lipinski definition) is 0. The zero-order valence-electron chi connectivity index (χ0n) is 17.9. The maximum absolute atomic E-state index is 5.07. The van der Waals surface area contributed by atoms with Gasteiger partial charge in [-0.05, 0) is 89.9 Å². The van der Waals surface area contributed by atoms with Crippen LogP contribution in [0.1, 0.15) is 43.0 Å². The largest absolute Gasteiger partial charge is 0.248 e. The zero-order chi connectivity index (χ0) is 20.1. The molecule has 142 valence electrons. The van der Waals surface area contributed by atoms with E-state index < -0.39 is 0 Å². The van der Waals surface area contributed by atoms with Crippen LogP contribution in [0, 0.1) is 26.2 Å². The molecule has 4 rings (SSSR count). The molecule has 0 bridgehead atoms. The van der Waals surface area contributed by atoms with Crippen molar-refractivity contribution in [1.82, 2.24) is 4.98 Å². The smallest absolute Gasteiger partial charge is 0.0717 e. The van der Waals surface area contributed by atoms with E-state index in [4.69, 9.17) is 4.98 Å². The molecule has 0 radical (unpaired) electrons. The van der Waals surface area contributed by atoms with Gasteiger partial charge in [0.2, 0.25) is 0 Å². The van der Waals surface area contributed by atoms with E-state index in [9.17, 15) is 0 Å². The molecular weight excluding hydrogens is 338 g/mol. The molecule has 0 aliphatic rings. The highest BCUT2D eigenvalue weighted by molar-refractivity contribution is 5.92. The SMILES string of the molecule is Cc1cc(C)c2c(C)cc(-c3cc(CC(C)(C)C)c4ccccc4c3)nc2c1. The molecule has 0 atom stereocenters. The van der Waals surface area contributed by atoms with Crippen LogP contribution < -0.4 is 0 Å². The number of rotatable bonds is 2. The average molecular weight is 368 g/mol. The third-order valence-corrected chi connectivity index (χ3v) is 5.41. The van der Waals surface area contributed by atoms with Gasteiger partial charge < -0.3 is 0 Å². The quantitative estimate of drug-likeness (QED) is 0.356. The topological polar surface area (TPSA) is 12.9 Å². The van der Waals surface area contributed by atoms with Gasteiger partial charge in [0.1, 0.15) is 0 Å².